The van der Waals surface area contributed by atoms with Crippen LogP contribution in [0.25, 0.3) is 0 Å². The monoisotopic (exact) mass is 453 g/mol. The summed E-state index contributed by atoms with van der Waals surface area (Å²) in [5, 5.41) is 19.6. The summed E-state index contributed by atoms with van der Waals surface area (Å²) in [6.07, 6.45) is 1.53. The second kappa shape index (κ2) is 8.38. The van der Waals surface area contributed by atoms with E-state index < -0.39 is 21.0 Å². The molecule has 1 aliphatic heterocycles. The third-order valence-corrected chi connectivity index (χ3v) is 7.59. The van der Waals surface area contributed by atoms with Gasteiger partial charge < -0.3 is 4.90 Å². The minimum atomic E-state index is -3.70. The van der Waals surface area contributed by atoms with Crippen molar-refractivity contribution >= 4 is 21.6 Å². The maximum Gasteiger partial charge on any atom is 0.312 e. The first-order chi connectivity index (χ1) is 14.5. The van der Waals surface area contributed by atoms with Crippen LogP contribution >= 0.6 is 0 Å². The molecule has 1 atom stereocenters. The highest BCUT2D eigenvalue weighted by Gasteiger charge is 2.35. The zero-order valence-corrected chi connectivity index (χ0v) is 19.1. The third kappa shape index (κ3) is 4.06. The number of hydrogen-bond acceptors (Lipinski definition) is 7. The molecule has 12 nitrogen and oxygen atoms in total. The van der Waals surface area contributed by atoms with Crippen LogP contribution in [0.2, 0.25) is 0 Å². The molecule has 0 radical (unpaired) electrons. The van der Waals surface area contributed by atoms with Gasteiger partial charge in [0.2, 0.25) is 15.9 Å². The quantitative estimate of drug-likeness (QED) is 0.470. The zero-order valence-electron chi connectivity index (χ0n) is 18.3. The molecule has 13 heteroatoms. The highest BCUT2D eigenvalue weighted by Crippen LogP contribution is 2.26. The molecule has 0 spiro atoms. The van der Waals surface area contributed by atoms with Crippen LogP contribution in [0.1, 0.15) is 37.0 Å². The van der Waals surface area contributed by atoms with Gasteiger partial charge in [0, 0.05) is 38.9 Å². The van der Waals surface area contributed by atoms with E-state index in [4.69, 9.17) is 0 Å². The molecular weight excluding hydrogens is 426 g/mol. The molecule has 1 amide bonds. The minimum Gasteiger partial charge on any atom is -0.338 e. The Morgan fingerprint density at radius 3 is 2.26 bits per heavy atom. The second-order valence-electron chi connectivity index (χ2n) is 7.56. The lowest BCUT2D eigenvalue weighted by atomic mass is 10.2. The Bertz CT molecular complexity index is 1110. The number of rotatable bonds is 6. The molecule has 3 heterocycles. The van der Waals surface area contributed by atoms with Crippen molar-refractivity contribution in [2.75, 3.05) is 26.2 Å². The van der Waals surface area contributed by atoms with Crippen molar-refractivity contribution in [2.24, 2.45) is 0 Å². The summed E-state index contributed by atoms with van der Waals surface area (Å²) in [7, 11) is -3.70. The Morgan fingerprint density at radius 1 is 1.16 bits per heavy atom. The van der Waals surface area contributed by atoms with Crippen LogP contribution in [0, 0.1) is 30.9 Å². The van der Waals surface area contributed by atoms with Crippen molar-refractivity contribution in [3.63, 3.8) is 0 Å². The molecule has 0 saturated carbocycles. The predicted octanol–water partition coefficient (Wildman–Crippen LogP) is 1.03. The summed E-state index contributed by atoms with van der Waals surface area (Å²) in [5.41, 5.74) is 0.910. The van der Waals surface area contributed by atoms with Crippen LogP contribution in [0.4, 0.5) is 5.69 Å². The van der Waals surface area contributed by atoms with Crippen LogP contribution in [-0.4, -0.2) is 74.2 Å². The first-order valence-corrected chi connectivity index (χ1v) is 11.5. The fraction of sp³-hybridized carbons (Fsp3) is 0.611. The number of nitro groups is 1. The van der Waals surface area contributed by atoms with Crippen molar-refractivity contribution in [3.8, 4) is 0 Å². The Labute approximate surface area is 180 Å². The van der Waals surface area contributed by atoms with Gasteiger partial charge in [0.1, 0.15) is 22.3 Å². The van der Waals surface area contributed by atoms with E-state index in [2.05, 4.69) is 10.2 Å². The summed E-state index contributed by atoms with van der Waals surface area (Å²) < 4.78 is 30.3. The van der Waals surface area contributed by atoms with Gasteiger partial charge in [-0.2, -0.15) is 14.5 Å². The fourth-order valence-corrected chi connectivity index (χ4v) is 5.46. The molecule has 1 saturated heterocycles. The van der Waals surface area contributed by atoms with Crippen LogP contribution < -0.4 is 0 Å². The van der Waals surface area contributed by atoms with Crippen LogP contribution in [0.15, 0.2) is 11.1 Å². The van der Waals surface area contributed by atoms with Crippen molar-refractivity contribution < 1.29 is 18.1 Å². The lowest BCUT2D eigenvalue weighted by Crippen LogP contribution is -2.51. The third-order valence-electron chi connectivity index (χ3n) is 5.59. The zero-order chi connectivity index (χ0) is 23.1. The molecule has 2 aromatic rings. The minimum absolute atomic E-state index is 0.0986. The van der Waals surface area contributed by atoms with Crippen molar-refractivity contribution in [1.82, 2.24) is 28.8 Å². The second-order valence-corrected chi connectivity index (χ2v) is 9.47. The molecule has 0 bridgehead atoms. The van der Waals surface area contributed by atoms with Crippen molar-refractivity contribution in [2.45, 2.75) is 52.1 Å². The van der Waals surface area contributed by atoms with Gasteiger partial charge in [-0.05, 0) is 34.6 Å². The molecule has 1 aliphatic rings. The Balaban J connectivity index is 1.72. The molecule has 0 aliphatic carbocycles. The van der Waals surface area contributed by atoms with Crippen LogP contribution in [0.3, 0.4) is 0 Å². The highest BCUT2D eigenvalue weighted by molar-refractivity contribution is 7.89. The number of carbonyl (C=O) groups is 1. The Morgan fingerprint density at radius 2 is 1.77 bits per heavy atom. The lowest BCUT2D eigenvalue weighted by Gasteiger charge is -2.35. The number of nitrogens with zero attached hydrogens (tertiary/aromatic N) is 7. The van der Waals surface area contributed by atoms with Crippen LogP contribution in [-0.2, 0) is 21.4 Å². The van der Waals surface area contributed by atoms with Gasteiger partial charge >= 0.3 is 5.69 Å². The van der Waals surface area contributed by atoms with Crippen molar-refractivity contribution in [1.29, 1.82) is 0 Å². The topological polar surface area (TPSA) is 136 Å². The number of piperazine rings is 1. The molecule has 1 fully saturated rings. The Kier molecular flexibility index (Phi) is 6.18. The maximum atomic E-state index is 13.0. The van der Waals surface area contributed by atoms with Gasteiger partial charge in [0.25, 0.3) is 0 Å². The van der Waals surface area contributed by atoms with Gasteiger partial charge in [-0.15, -0.1) is 0 Å². The molecule has 0 N–H and O–H groups in total. The predicted molar refractivity (Wildman–Crippen MR) is 111 cm³/mol. The van der Waals surface area contributed by atoms with E-state index in [9.17, 15) is 23.3 Å². The summed E-state index contributed by atoms with van der Waals surface area (Å²) >= 11 is 0. The molecular formula is C18H27N7O5S. The first kappa shape index (κ1) is 22.9. The average Bonchev–Trinajstić information content (AvgIpc) is 3.26. The summed E-state index contributed by atoms with van der Waals surface area (Å²) in [5.74, 6) is -0.257. The highest BCUT2D eigenvalue weighted by atomic mass is 32.2. The maximum absolute atomic E-state index is 13.0. The number of aryl methyl sites for hydroxylation is 3. The summed E-state index contributed by atoms with van der Waals surface area (Å²) in [6, 6.07) is -0.736. The van der Waals surface area contributed by atoms with E-state index in [0.717, 1.165) is 0 Å². The van der Waals surface area contributed by atoms with E-state index in [1.54, 1.807) is 30.4 Å². The number of amides is 1. The standard InChI is InChI=1S/C18H27N7O5S/c1-6-22-11-16(12(2)19-22)31(29,30)23-9-7-21(8-10-23)18(26)15(5)24-14(4)17(25(27)28)13(3)20-24/h11,15H,6-10H2,1-5H3. The average molecular weight is 454 g/mol. The molecule has 2 aromatic heterocycles. The van der Waals surface area contributed by atoms with Gasteiger partial charge in [-0.1, -0.05) is 0 Å². The normalized spacial score (nSPS) is 16.5. The van der Waals surface area contributed by atoms with E-state index >= 15 is 0 Å². The van der Waals surface area contributed by atoms with E-state index in [-0.39, 0.29) is 48.4 Å². The van der Waals surface area contributed by atoms with Gasteiger partial charge in [-0.3, -0.25) is 24.3 Å². The Hall–Kier alpha value is -2.80. The summed E-state index contributed by atoms with van der Waals surface area (Å²) in [6.45, 7) is 9.62. The first-order valence-electron chi connectivity index (χ1n) is 10.0. The van der Waals surface area contributed by atoms with E-state index in [1.165, 1.54) is 22.1 Å². The number of hydrogen-bond donors (Lipinski definition) is 0. The number of sulfonamides is 1. The van der Waals surface area contributed by atoms with Gasteiger partial charge in [0.05, 0.1) is 10.6 Å². The molecule has 0 aromatic carbocycles. The fourth-order valence-electron chi connectivity index (χ4n) is 3.87. The van der Waals surface area contributed by atoms with Crippen LogP contribution in [0.5, 0.6) is 0 Å². The molecule has 31 heavy (non-hydrogen) atoms. The summed E-state index contributed by atoms with van der Waals surface area (Å²) in [4.78, 5) is 25.5. The molecule has 170 valence electrons. The smallest absolute Gasteiger partial charge is 0.312 e. The number of aromatic nitrogens is 4. The van der Waals surface area contributed by atoms with Crippen molar-refractivity contribution in [3.05, 3.63) is 33.4 Å². The lowest BCUT2D eigenvalue weighted by molar-refractivity contribution is -0.386. The largest absolute Gasteiger partial charge is 0.338 e. The molecule has 3 rings (SSSR count). The van der Waals surface area contributed by atoms with E-state index in [0.29, 0.717) is 17.9 Å². The van der Waals surface area contributed by atoms with Gasteiger partial charge in [-0.25, -0.2) is 8.42 Å². The molecule has 1 unspecified atom stereocenters. The number of carbonyl (C=O) groups excluding carboxylic acids is 1. The van der Waals surface area contributed by atoms with E-state index in [1.807, 2.05) is 6.92 Å². The van der Waals surface area contributed by atoms with Gasteiger partial charge in [0.15, 0.2) is 0 Å². The SMILES string of the molecule is CCn1cc(S(=O)(=O)N2CCN(C(=O)C(C)n3nc(C)c([N+](=O)[O-])c3C)CC2)c(C)n1.